The third kappa shape index (κ3) is 4.80. The van der Waals surface area contributed by atoms with Crippen LogP contribution >= 0.6 is 0 Å². The molecule has 0 bridgehead atoms. The van der Waals surface area contributed by atoms with Gasteiger partial charge in [0.25, 0.3) is 0 Å². The van der Waals surface area contributed by atoms with E-state index in [0.717, 1.165) is 12.8 Å². The predicted molar refractivity (Wildman–Crippen MR) is 93.9 cm³/mol. The first-order valence-corrected chi connectivity index (χ1v) is 8.86. The summed E-state index contributed by atoms with van der Waals surface area (Å²) in [5, 5.41) is 3.94. The van der Waals surface area contributed by atoms with Gasteiger partial charge in [0.05, 0.1) is 0 Å². The summed E-state index contributed by atoms with van der Waals surface area (Å²) < 4.78 is 24.0. The van der Waals surface area contributed by atoms with Gasteiger partial charge in [0.2, 0.25) is 11.7 Å². The zero-order chi connectivity index (χ0) is 18.7. The number of rotatable bonds is 3. The molecule has 7 heteroatoms. The maximum absolute atomic E-state index is 13.3. The Labute approximate surface area is 152 Å². The lowest BCUT2D eigenvalue weighted by atomic mass is 9.94. The summed E-state index contributed by atoms with van der Waals surface area (Å²) in [5.74, 6) is 0.975. The summed E-state index contributed by atoms with van der Waals surface area (Å²) in [6, 6.07) is 6.13. The number of benzene rings is 1. The van der Waals surface area contributed by atoms with Crippen LogP contribution in [0.5, 0.6) is 0 Å². The second-order valence-corrected chi connectivity index (χ2v) is 7.64. The van der Waals surface area contributed by atoms with Gasteiger partial charge in [-0.2, -0.15) is 4.98 Å². The predicted octanol–water partition coefficient (Wildman–Crippen LogP) is 4.07. The van der Waals surface area contributed by atoms with Crippen LogP contribution in [0.15, 0.2) is 28.8 Å². The molecule has 1 aliphatic heterocycles. The van der Waals surface area contributed by atoms with E-state index < -0.39 is 5.60 Å². The van der Waals surface area contributed by atoms with Gasteiger partial charge in [0, 0.05) is 25.1 Å². The number of aromatic nitrogens is 2. The van der Waals surface area contributed by atoms with Gasteiger partial charge in [0.15, 0.2) is 0 Å². The number of ether oxygens (including phenoxy) is 1. The molecule has 1 aromatic carbocycles. The van der Waals surface area contributed by atoms with Crippen LogP contribution in [0.3, 0.4) is 0 Å². The molecule has 2 heterocycles. The summed E-state index contributed by atoms with van der Waals surface area (Å²) in [4.78, 5) is 18.2. The van der Waals surface area contributed by atoms with E-state index >= 15 is 0 Å². The molecule has 0 atom stereocenters. The molecule has 2 aromatic rings. The van der Waals surface area contributed by atoms with Crippen LogP contribution in [0.1, 0.15) is 39.5 Å². The minimum atomic E-state index is -0.481. The highest BCUT2D eigenvalue weighted by atomic mass is 19.1. The molecule has 1 aromatic heterocycles. The number of hydrogen-bond donors (Lipinski definition) is 0. The highest BCUT2D eigenvalue weighted by molar-refractivity contribution is 5.68. The highest BCUT2D eigenvalue weighted by Crippen LogP contribution is 2.24. The molecule has 0 spiro atoms. The highest BCUT2D eigenvalue weighted by Gasteiger charge is 2.27. The molecule has 1 saturated heterocycles. The van der Waals surface area contributed by atoms with Gasteiger partial charge in [-0.25, -0.2) is 9.18 Å². The molecule has 0 N–H and O–H groups in total. The van der Waals surface area contributed by atoms with E-state index in [1.54, 1.807) is 17.0 Å². The van der Waals surface area contributed by atoms with Gasteiger partial charge in [-0.05, 0) is 51.7 Å². The zero-order valence-electron chi connectivity index (χ0n) is 15.4. The van der Waals surface area contributed by atoms with E-state index in [9.17, 15) is 9.18 Å². The molecule has 0 aliphatic carbocycles. The Morgan fingerprint density at radius 3 is 2.73 bits per heavy atom. The molecule has 0 radical (unpaired) electrons. The fraction of sp³-hybridized carbons (Fsp3) is 0.526. The molecule has 3 rings (SSSR count). The summed E-state index contributed by atoms with van der Waals surface area (Å²) >= 11 is 0. The molecule has 6 nitrogen and oxygen atoms in total. The largest absolute Gasteiger partial charge is 0.444 e. The lowest BCUT2D eigenvalue weighted by Crippen LogP contribution is -2.42. The minimum Gasteiger partial charge on any atom is -0.444 e. The van der Waals surface area contributed by atoms with Crippen LogP contribution < -0.4 is 0 Å². The Balaban J connectivity index is 1.53. The van der Waals surface area contributed by atoms with Gasteiger partial charge >= 0.3 is 6.09 Å². The number of halogens is 1. The van der Waals surface area contributed by atoms with Crippen molar-refractivity contribution >= 4 is 6.09 Å². The van der Waals surface area contributed by atoms with E-state index in [-0.39, 0.29) is 11.9 Å². The Hall–Kier alpha value is -2.44. The van der Waals surface area contributed by atoms with E-state index in [1.807, 2.05) is 20.8 Å². The smallest absolute Gasteiger partial charge is 0.410 e. The maximum Gasteiger partial charge on any atom is 0.410 e. The molecule has 1 amide bonds. The van der Waals surface area contributed by atoms with Crippen LogP contribution in [0.25, 0.3) is 11.4 Å². The first-order chi connectivity index (χ1) is 12.3. The van der Waals surface area contributed by atoms with E-state index in [0.29, 0.717) is 42.7 Å². The van der Waals surface area contributed by atoms with Crippen molar-refractivity contribution in [2.45, 2.75) is 45.6 Å². The lowest BCUT2D eigenvalue weighted by molar-refractivity contribution is 0.0182. The summed E-state index contributed by atoms with van der Waals surface area (Å²) in [5.41, 5.74) is 0.116. The van der Waals surface area contributed by atoms with Crippen molar-refractivity contribution in [2.24, 2.45) is 5.92 Å². The molecule has 1 aliphatic rings. The van der Waals surface area contributed by atoms with Crippen LogP contribution in [-0.4, -0.2) is 39.8 Å². The van der Waals surface area contributed by atoms with Crippen LogP contribution in [0.2, 0.25) is 0 Å². The van der Waals surface area contributed by atoms with Crippen LogP contribution in [0.4, 0.5) is 9.18 Å². The monoisotopic (exact) mass is 361 g/mol. The summed E-state index contributed by atoms with van der Waals surface area (Å²) in [6.45, 7) is 6.91. The lowest BCUT2D eigenvalue weighted by Gasteiger charge is -2.33. The van der Waals surface area contributed by atoms with Crippen molar-refractivity contribution in [3.8, 4) is 11.4 Å². The molecular formula is C19H24FN3O3. The van der Waals surface area contributed by atoms with Crippen LogP contribution in [0, 0.1) is 11.7 Å². The number of nitrogens with zero attached hydrogens (tertiary/aromatic N) is 3. The second-order valence-electron chi connectivity index (χ2n) is 7.64. The molecule has 0 saturated carbocycles. The van der Waals surface area contributed by atoms with Gasteiger partial charge in [-0.1, -0.05) is 17.3 Å². The van der Waals surface area contributed by atoms with Crippen molar-refractivity contribution in [3.63, 3.8) is 0 Å². The molecule has 26 heavy (non-hydrogen) atoms. The van der Waals surface area contributed by atoms with E-state index in [4.69, 9.17) is 9.26 Å². The van der Waals surface area contributed by atoms with Crippen LogP contribution in [-0.2, 0) is 11.2 Å². The van der Waals surface area contributed by atoms with Crippen molar-refractivity contribution in [3.05, 3.63) is 36.0 Å². The molecule has 140 valence electrons. The Morgan fingerprint density at radius 2 is 2.08 bits per heavy atom. The molecular weight excluding hydrogens is 337 g/mol. The Bertz CT molecular complexity index is 761. The van der Waals surface area contributed by atoms with Crippen molar-refractivity contribution in [1.82, 2.24) is 15.0 Å². The first-order valence-electron chi connectivity index (χ1n) is 8.86. The number of likely N-dealkylation sites (tertiary alicyclic amines) is 1. The summed E-state index contributed by atoms with van der Waals surface area (Å²) in [6.07, 6.45) is 2.11. The average molecular weight is 361 g/mol. The van der Waals surface area contributed by atoms with Crippen molar-refractivity contribution in [2.75, 3.05) is 13.1 Å². The standard InChI is InChI=1S/C19H24FN3O3/c1-19(2,3)25-18(24)23-9-7-13(8-10-23)11-16-21-17(22-26-16)14-5-4-6-15(20)12-14/h4-6,12-13H,7-11H2,1-3H3. The topological polar surface area (TPSA) is 68.5 Å². The van der Waals surface area contributed by atoms with Gasteiger partial charge < -0.3 is 14.2 Å². The SMILES string of the molecule is CC(C)(C)OC(=O)N1CCC(Cc2nc(-c3cccc(F)c3)no2)CC1. The zero-order valence-corrected chi connectivity index (χ0v) is 15.4. The fourth-order valence-corrected chi connectivity index (χ4v) is 2.98. The normalized spacial score (nSPS) is 15.9. The number of carbonyl (C=O) groups excluding carboxylic acids is 1. The Morgan fingerprint density at radius 1 is 1.35 bits per heavy atom. The number of piperidine rings is 1. The minimum absolute atomic E-state index is 0.262. The quantitative estimate of drug-likeness (QED) is 0.824. The third-order valence-corrected chi connectivity index (χ3v) is 4.28. The number of amides is 1. The second kappa shape index (κ2) is 7.43. The number of carbonyl (C=O) groups is 1. The number of hydrogen-bond acceptors (Lipinski definition) is 5. The summed E-state index contributed by atoms with van der Waals surface area (Å²) in [7, 11) is 0. The van der Waals surface area contributed by atoms with E-state index in [1.165, 1.54) is 12.1 Å². The maximum atomic E-state index is 13.3. The fourth-order valence-electron chi connectivity index (χ4n) is 2.98. The molecule has 0 unspecified atom stereocenters. The van der Waals surface area contributed by atoms with Crippen molar-refractivity contribution < 1.29 is 18.4 Å². The van der Waals surface area contributed by atoms with Gasteiger partial charge in [-0.3, -0.25) is 0 Å². The first kappa shape index (κ1) is 18.4. The third-order valence-electron chi connectivity index (χ3n) is 4.28. The van der Waals surface area contributed by atoms with E-state index in [2.05, 4.69) is 10.1 Å². The van der Waals surface area contributed by atoms with Gasteiger partial charge in [0.1, 0.15) is 11.4 Å². The molecule has 1 fully saturated rings. The van der Waals surface area contributed by atoms with Gasteiger partial charge in [-0.15, -0.1) is 0 Å². The van der Waals surface area contributed by atoms with Crippen molar-refractivity contribution in [1.29, 1.82) is 0 Å². The Kier molecular flexibility index (Phi) is 5.25. The average Bonchev–Trinajstić information content (AvgIpc) is 3.02.